The van der Waals surface area contributed by atoms with Gasteiger partial charge in [-0.25, -0.2) is 0 Å². The van der Waals surface area contributed by atoms with Crippen LogP contribution in [0.25, 0.3) is 0 Å². The maximum atomic E-state index is 12.8. The fraction of sp³-hybridized carbons (Fsp3) is 0.450. The van der Waals surface area contributed by atoms with Gasteiger partial charge in [-0.05, 0) is 23.6 Å². The second-order valence-corrected chi connectivity index (χ2v) is 8.61. The normalized spacial score (nSPS) is 21.3. The molecule has 1 unspecified atom stereocenters. The fourth-order valence-corrected chi connectivity index (χ4v) is 4.89. The zero-order valence-electron chi connectivity index (χ0n) is 16.9. The minimum Gasteiger partial charge on any atom is -0.349 e. The van der Waals surface area contributed by atoms with Gasteiger partial charge in [0.2, 0.25) is 22.9 Å². The van der Waals surface area contributed by atoms with Gasteiger partial charge in [0.15, 0.2) is 0 Å². The minimum absolute atomic E-state index is 0.161. The highest BCUT2D eigenvalue weighted by Crippen LogP contribution is 2.28. The molecule has 1 aromatic carbocycles. The van der Waals surface area contributed by atoms with Crippen LogP contribution < -0.4 is 20.9 Å². The van der Waals surface area contributed by atoms with E-state index in [1.54, 1.807) is 11.0 Å². The Hall–Kier alpha value is -3.05. The summed E-state index contributed by atoms with van der Waals surface area (Å²) in [6, 6.07) is 5.10. The van der Waals surface area contributed by atoms with Gasteiger partial charge in [-0.15, -0.1) is 0 Å². The molecule has 1 atom stereocenters. The number of carbonyl (C=O) groups excluding carboxylic acids is 3. The Kier molecular flexibility index (Phi) is 5.28. The largest absolute Gasteiger partial charge is 0.349 e. The quantitative estimate of drug-likeness (QED) is 0.568. The van der Waals surface area contributed by atoms with E-state index < -0.39 is 11.9 Å². The molecular weight excluding hydrogens is 418 g/mol. The number of carbonyl (C=O) groups is 3. The van der Waals surface area contributed by atoms with E-state index in [9.17, 15) is 14.4 Å². The SMILES string of the molecule is O=C1CCC(N2Cc3cc(CNc4nsc(N5CCNCC5)n4)ccc3C2=O)C(=O)N1. The van der Waals surface area contributed by atoms with Gasteiger partial charge in [0.25, 0.3) is 5.91 Å². The number of rotatable bonds is 5. The molecule has 0 saturated carbocycles. The molecule has 4 heterocycles. The molecule has 3 aliphatic rings. The van der Waals surface area contributed by atoms with Crippen molar-refractivity contribution in [1.82, 2.24) is 24.9 Å². The molecule has 0 spiro atoms. The number of hydrogen-bond donors (Lipinski definition) is 3. The number of imide groups is 1. The van der Waals surface area contributed by atoms with Crippen LogP contribution in [0.3, 0.4) is 0 Å². The summed E-state index contributed by atoms with van der Waals surface area (Å²) in [6.45, 7) is 4.67. The Morgan fingerprint density at radius 3 is 2.84 bits per heavy atom. The number of piperidine rings is 1. The van der Waals surface area contributed by atoms with E-state index in [2.05, 4.69) is 30.2 Å². The summed E-state index contributed by atoms with van der Waals surface area (Å²) < 4.78 is 4.40. The molecule has 2 saturated heterocycles. The highest BCUT2D eigenvalue weighted by atomic mass is 32.1. The minimum atomic E-state index is -0.596. The lowest BCUT2D eigenvalue weighted by Crippen LogP contribution is -2.52. The number of anilines is 2. The first-order chi connectivity index (χ1) is 15.1. The van der Waals surface area contributed by atoms with Crippen molar-refractivity contribution in [2.45, 2.75) is 32.0 Å². The van der Waals surface area contributed by atoms with Gasteiger partial charge in [0, 0.05) is 62.8 Å². The first-order valence-corrected chi connectivity index (χ1v) is 11.2. The van der Waals surface area contributed by atoms with Crippen LogP contribution in [-0.2, 0) is 22.7 Å². The Morgan fingerprint density at radius 1 is 1.19 bits per heavy atom. The molecule has 5 rings (SSSR count). The first-order valence-electron chi connectivity index (χ1n) is 10.4. The van der Waals surface area contributed by atoms with Crippen molar-refractivity contribution in [3.63, 3.8) is 0 Å². The molecule has 3 aliphatic heterocycles. The number of hydrogen-bond acceptors (Lipinski definition) is 9. The van der Waals surface area contributed by atoms with Crippen molar-refractivity contribution < 1.29 is 14.4 Å². The molecular formula is C20H23N7O3S. The van der Waals surface area contributed by atoms with Crippen LogP contribution in [0.5, 0.6) is 0 Å². The maximum Gasteiger partial charge on any atom is 0.255 e. The summed E-state index contributed by atoms with van der Waals surface area (Å²) in [7, 11) is 0. The zero-order chi connectivity index (χ0) is 21.4. The molecule has 31 heavy (non-hydrogen) atoms. The van der Waals surface area contributed by atoms with E-state index in [4.69, 9.17) is 0 Å². The van der Waals surface area contributed by atoms with Crippen molar-refractivity contribution in [2.75, 3.05) is 36.4 Å². The number of aromatic nitrogens is 2. The monoisotopic (exact) mass is 441 g/mol. The lowest BCUT2D eigenvalue weighted by Gasteiger charge is -2.29. The highest BCUT2D eigenvalue weighted by Gasteiger charge is 2.39. The van der Waals surface area contributed by atoms with Gasteiger partial charge in [0.05, 0.1) is 0 Å². The third kappa shape index (κ3) is 3.98. The van der Waals surface area contributed by atoms with E-state index >= 15 is 0 Å². The van der Waals surface area contributed by atoms with Gasteiger partial charge in [-0.3, -0.25) is 19.7 Å². The summed E-state index contributed by atoms with van der Waals surface area (Å²) >= 11 is 1.39. The summed E-state index contributed by atoms with van der Waals surface area (Å²) in [5.41, 5.74) is 2.51. The number of fused-ring (bicyclic) bond motifs is 1. The predicted molar refractivity (Wildman–Crippen MR) is 115 cm³/mol. The third-order valence-electron chi connectivity index (χ3n) is 5.84. The maximum absolute atomic E-state index is 12.8. The molecule has 162 valence electrons. The van der Waals surface area contributed by atoms with Crippen LogP contribution in [0.15, 0.2) is 18.2 Å². The van der Waals surface area contributed by atoms with Crippen LogP contribution in [0.4, 0.5) is 11.1 Å². The molecule has 3 N–H and O–H groups in total. The van der Waals surface area contributed by atoms with Crippen LogP contribution in [-0.4, -0.2) is 64.2 Å². The van der Waals surface area contributed by atoms with E-state index in [-0.39, 0.29) is 18.2 Å². The molecule has 3 amide bonds. The van der Waals surface area contributed by atoms with Crippen molar-refractivity contribution in [3.8, 4) is 0 Å². The summed E-state index contributed by atoms with van der Waals surface area (Å²) in [5.74, 6) is -0.241. The molecule has 0 aliphatic carbocycles. The summed E-state index contributed by atoms with van der Waals surface area (Å²) in [5, 5.41) is 9.83. The summed E-state index contributed by atoms with van der Waals surface area (Å²) in [4.78, 5) is 44.7. The van der Waals surface area contributed by atoms with Crippen molar-refractivity contribution in [2.24, 2.45) is 0 Å². The van der Waals surface area contributed by atoms with Crippen LogP contribution in [0.1, 0.15) is 34.3 Å². The lowest BCUT2D eigenvalue weighted by molar-refractivity contribution is -0.136. The standard InChI is InChI=1S/C20H23N7O3S/c28-16-4-3-15(17(29)23-16)27-11-13-9-12(1-2-14(13)18(27)30)10-22-19-24-20(31-25-19)26-7-5-21-6-8-26/h1-2,9,15,21H,3-8,10-11H2,(H,22,25)(H,23,28,29). The number of piperazine rings is 1. The Labute approximate surface area is 183 Å². The fourth-order valence-electron chi connectivity index (χ4n) is 4.19. The predicted octanol–water partition coefficient (Wildman–Crippen LogP) is 0.321. The average Bonchev–Trinajstić information content (AvgIpc) is 3.38. The van der Waals surface area contributed by atoms with Gasteiger partial charge >= 0.3 is 0 Å². The Morgan fingerprint density at radius 2 is 2.03 bits per heavy atom. The van der Waals surface area contributed by atoms with Crippen LogP contribution >= 0.6 is 11.5 Å². The molecule has 0 bridgehead atoms. The smallest absolute Gasteiger partial charge is 0.255 e. The molecule has 11 heteroatoms. The zero-order valence-corrected chi connectivity index (χ0v) is 17.7. The number of amides is 3. The topological polar surface area (TPSA) is 120 Å². The van der Waals surface area contributed by atoms with Crippen molar-refractivity contribution >= 4 is 40.3 Å². The molecule has 2 fully saturated rings. The van der Waals surface area contributed by atoms with Crippen LogP contribution in [0, 0.1) is 0 Å². The van der Waals surface area contributed by atoms with E-state index in [1.807, 2.05) is 12.1 Å². The Bertz CT molecular complexity index is 1030. The third-order valence-corrected chi connectivity index (χ3v) is 6.62. The second kappa shape index (κ2) is 8.23. The van der Waals surface area contributed by atoms with Gasteiger partial charge in [0.1, 0.15) is 6.04 Å². The number of nitrogens with one attached hydrogen (secondary N) is 3. The van der Waals surface area contributed by atoms with E-state index in [0.717, 1.165) is 42.4 Å². The van der Waals surface area contributed by atoms with Crippen LogP contribution in [0.2, 0.25) is 0 Å². The first kappa shape index (κ1) is 19.9. The molecule has 0 radical (unpaired) electrons. The van der Waals surface area contributed by atoms with Crippen molar-refractivity contribution in [1.29, 1.82) is 0 Å². The summed E-state index contributed by atoms with van der Waals surface area (Å²) in [6.07, 6.45) is 0.617. The number of benzene rings is 1. The average molecular weight is 442 g/mol. The second-order valence-electron chi connectivity index (χ2n) is 7.88. The van der Waals surface area contributed by atoms with E-state index in [1.165, 1.54) is 11.5 Å². The Balaban J connectivity index is 1.23. The van der Waals surface area contributed by atoms with Gasteiger partial charge < -0.3 is 20.4 Å². The molecule has 10 nitrogen and oxygen atoms in total. The van der Waals surface area contributed by atoms with Gasteiger partial charge in [-0.2, -0.15) is 9.36 Å². The highest BCUT2D eigenvalue weighted by molar-refractivity contribution is 7.09. The van der Waals surface area contributed by atoms with Crippen molar-refractivity contribution in [3.05, 3.63) is 34.9 Å². The molecule has 1 aromatic heterocycles. The van der Waals surface area contributed by atoms with Gasteiger partial charge in [-0.1, -0.05) is 12.1 Å². The number of nitrogens with zero attached hydrogens (tertiary/aromatic N) is 4. The van der Waals surface area contributed by atoms with E-state index in [0.29, 0.717) is 31.0 Å². The lowest BCUT2D eigenvalue weighted by atomic mass is 10.0. The molecule has 2 aromatic rings.